The molecule has 0 aliphatic rings. The average molecular weight is 143 g/mol. The van der Waals surface area contributed by atoms with Crippen molar-refractivity contribution < 1.29 is 5.11 Å². The van der Waals surface area contributed by atoms with Gasteiger partial charge in [0, 0.05) is 0 Å². The van der Waals surface area contributed by atoms with Crippen LogP contribution in [0.15, 0.2) is 0 Å². The Labute approximate surface area is 64.5 Å². The van der Waals surface area contributed by atoms with Crippen LogP contribution in [0.1, 0.15) is 46.0 Å². The van der Waals surface area contributed by atoms with E-state index in [1.165, 1.54) is 6.42 Å². The zero-order valence-corrected chi connectivity index (χ0v) is 7.14. The quantitative estimate of drug-likeness (QED) is 0.605. The Morgan fingerprint density at radius 1 is 1.30 bits per heavy atom. The van der Waals surface area contributed by atoms with E-state index in [4.69, 9.17) is 0 Å². The molecule has 0 aromatic heterocycles. The van der Waals surface area contributed by atoms with E-state index in [2.05, 4.69) is 13.8 Å². The fraction of sp³-hybridized carbons (Fsp3) is 0.889. The van der Waals surface area contributed by atoms with E-state index in [9.17, 15) is 5.11 Å². The summed E-state index contributed by atoms with van der Waals surface area (Å²) in [7, 11) is 0. The molecule has 0 aliphatic carbocycles. The molecular formula is C9H19O. The summed E-state index contributed by atoms with van der Waals surface area (Å²) >= 11 is 0. The van der Waals surface area contributed by atoms with E-state index < -0.39 is 0 Å². The number of aliphatic hydroxyl groups is 1. The van der Waals surface area contributed by atoms with Gasteiger partial charge in [-0.1, -0.05) is 33.1 Å². The van der Waals surface area contributed by atoms with E-state index in [1.54, 1.807) is 0 Å². The van der Waals surface area contributed by atoms with Gasteiger partial charge in [0.05, 0.1) is 6.10 Å². The number of unbranched alkanes of at least 4 members (excludes halogenated alkanes) is 2. The molecule has 0 aromatic carbocycles. The normalized spacial score (nSPS) is 10.8. The first-order chi connectivity index (χ1) is 4.81. The van der Waals surface area contributed by atoms with E-state index in [0.717, 1.165) is 25.7 Å². The number of rotatable bonds is 6. The predicted molar refractivity (Wildman–Crippen MR) is 44.7 cm³/mol. The Hall–Kier alpha value is -0.0400. The SMILES string of the molecule is CCC[CH]C(O)CCCC. The summed E-state index contributed by atoms with van der Waals surface area (Å²) < 4.78 is 0. The third kappa shape index (κ3) is 6.09. The summed E-state index contributed by atoms with van der Waals surface area (Å²) in [5.41, 5.74) is 0. The van der Waals surface area contributed by atoms with Crippen LogP contribution in [-0.4, -0.2) is 11.2 Å². The standard InChI is InChI=1S/C9H19O/c1-3-5-7-9(10)8-6-4-2/h7,9-10H,3-6,8H2,1-2H3. The van der Waals surface area contributed by atoms with Crippen molar-refractivity contribution in [1.29, 1.82) is 0 Å². The first kappa shape index (κ1) is 9.96. The minimum absolute atomic E-state index is 0.153. The van der Waals surface area contributed by atoms with Gasteiger partial charge in [0.1, 0.15) is 0 Å². The summed E-state index contributed by atoms with van der Waals surface area (Å²) in [4.78, 5) is 0. The van der Waals surface area contributed by atoms with Crippen molar-refractivity contribution in [3.63, 3.8) is 0 Å². The lowest BCUT2D eigenvalue weighted by Crippen LogP contribution is -2.06. The molecule has 0 heterocycles. The maximum atomic E-state index is 9.26. The third-order valence-corrected chi connectivity index (χ3v) is 1.58. The molecule has 61 valence electrons. The van der Waals surface area contributed by atoms with Gasteiger partial charge in [0.25, 0.3) is 0 Å². The lowest BCUT2D eigenvalue weighted by molar-refractivity contribution is 0.189. The minimum atomic E-state index is -0.153. The van der Waals surface area contributed by atoms with Gasteiger partial charge in [-0.05, 0) is 19.3 Å². The molecule has 1 atom stereocenters. The first-order valence-electron chi connectivity index (χ1n) is 4.32. The molecule has 0 amide bonds. The van der Waals surface area contributed by atoms with Crippen LogP contribution in [0.5, 0.6) is 0 Å². The zero-order chi connectivity index (χ0) is 7.82. The Balaban J connectivity index is 3.00. The number of aliphatic hydroxyl groups excluding tert-OH is 1. The summed E-state index contributed by atoms with van der Waals surface area (Å²) in [5, 5.41) is 9.26. The van der Waals surface area contributed by atoms with Crippen molar-refractivity contribution in [2.24, 2.45) is 0 Å². The van der Waals surface area contributed by atoms with Gasteiger partial charge in [0.2, 0.25) is 0 Å². The van der Waals surface area contributed by atoms with E-state index >= 15 is 0 Å². The largest absolute Gasteiger partial charge is 0.393 e. The highest BCUT2D eigenvalue weighted by molar-refractivity contribution is 4.73. The zero-order valence-electron chi connectivity index (χ0n) is 7.14. The van der Waals surface area contributed by atoms with Crippen LogP contribution in [-0.2, 0) is 0 Å². The van der Waals surface area contributed by atoms with E-state index in [-0.39, 0.29) is 6.10 Å². The molecule has 10 heavy (non-hydrogen) atoms. The Morgan fingerprint density at radius 2 is 2.00 bits per heavy atom. The minimum Gasteiger partial charge on any atom is -0.393 e. The highest BCUT2D eigenvalue weighted by Gasteiger charge is 2.01. The molecule has 0 aromatic rings. The topological polar surface area (TPSA) is 20.2 Å². The molecule has 0 saturated carbocycles. The Bertz CT molecular complexity index is 53.7. The molecule has 0 aliphatic heterocycles. The van der Waals surface area contributed by atoms with Crippen LogP contribution >= 0.6 is 0 Å². The smallest absolute Gasteiger partial charge is 0.0572 e. The Morgan fingerprint density at radius 3 is 2.50 bits per heavy atom. The van der Waals surface area contributed by atoms with Crippen molar-refractivity contribution in [2.75, 3.05) is 0 Å². The second kappa shape index (κ2) is 7.07. The van der Waals surface area contributed by atoms with Gasteiger partial charge < -0.3 is 5.11 Å². The maximum absolute atomic E-state index is 9.26. The third-order valence-electron chi connectivity index (χ3n) is 1.58. The van der Waals surface area contributed by atoms with Crippen LogP contribution in [0, 0.1) is 6.42 Å². The van der Waals surface area contributed by atoms with Gasteiger partial charge in [-0.25, -0.2) is 0 Å². The van der Waals surface area contributed by atoms with Crippen LogP contribution in [0.2, 0.25) is 0 Å². The summed E-state index contributed by atoms with van der Waals surface area (Å²) in [6.07, 6.45) is 7.30. The van der Waals surface area contributed by atoms with Crippen LogP contribution in [0.3, 0.4) is 0 Å². The van der Waals surface area contributed by atoms with Crippen molar-refractivity contribution in [3.05, 3.63) is 6.42 Å². The van der Waals surface area contributed by atoms with Gasteiger partial charge in [-0.15, -0.1) is 0 Å². The van der Waals surface area contributed by atoms with Crippen molar-refractivity contribution in [2.45, 2.75) is 52.1 Å². The molecule has 1 heteroatoms. The maximum Gasteiger partial charge on any atom is 0.0572 e. The van der Waals surface area contributed by atoms with Crippen molar-refractivity contribution in [3.8, 4) is 0 Å². The highest BCUT2D eigenvalue weighted by atomic mass is 16.3. The molecule has 1 unspecified atom stereocenters. The molecule has 0 spiro atoms. The lowest BCUT2D eigenvalue weighted by atomic mass is 10.1. The van der Waals surface area contributed by atoms with Crippen molar-refractivity contribution >= 4 is 0 Å². The predicted octanol–water partition coefficient (Wildman–Crippen LogP) is 2.54. The van der Waals surface area contributed by atoms with Gasteiger partial charge >= 0.3 is 0 Å². The molecule has 0 rings (SSSR count). The fourth-order valence-corrected chi connectivity index (χ4v) is 0.890. The molecule has 0 saturated heterocycles. The van der Waals surface area contributed by atoms with Crippen LogP contribution in [0.25, 0.3) is 0 Å². The second-order valence-corrected chi connectivity index (χ2v) is 2.73. The summed E-state index contributed by atoms with van der Waals surface area (Å²) in [6.45, 7) is 4.27. The molecule has 1 N–H and O–H groups in total. The average Bonchev–Trinajstić information content (AvgIpc) is 1.97. The van der Waals surface area contributed by atoms with Gasteiger partial charge in [0.15, 0.2) is 0 Å². The fourth-order valence-electron chi connectivity index (χ4n) is 0.890. The molecular weight excluding hydrogens is 124 g/mol. The summed E-state index contributed by atoms with van der Waals surface area (Å²) in [5.74, 6) is 0. The highest BCUT2D eigenvalue weighted by Crippen LogP contribution is 2.06. The van der Waals surface area contributed by atoms with Gasteiger partial charge in [-0.3, -0.25) is 0 Å². The summed E-state index contributed by atoms with van der Waals surface area (Å²) in [6, 6.07) is 0. The molecule has 1 nitrogen and oxygen atoms in total. The Kier molecular flexibility index (Phi) is 7.04. The van der Waals surface area contributed by atoms with Gasteiger partial charge in [-0.2, -0.15) is 0 Å². The van der Waals surface area contributed by atoms with E-state index in [1.807, 2.05) is 6.42 Å². The van der Waals surface area contributed by atoms with E-state index in [0.29, 0.717) is 0 Å². The second-order valence-electron chi connectivity index (χ2n) is 2.73. The van der Waals surface area contributed by atoms with Crippen molar-refractivity contribution in [1.82, 2.24) is 0 Å². The first-order valence-corrected chi connectivity index (χ1v) is 4.32. The lowest BCUT2D eigenvalue weighted by Gasteiger charge is -2.07. The number of hydrogen-bond acceptors (Lipinski definition) is 1. The van der Waals surface area contributed by atoms with Crippen LogP contribution in [0.4, 0.5) is 0 Å². The number of hydrogen-bond donors (Lipinski definition) is 1. The van der Waals surface area contributed by atoms with Crippen LogP contribution < -0.4 is 0 Å². The molecule has 0 bridgehead atoms. The molecule has 1 radical (unpaired) electrons. The molecule has 0 fully saturated rings. The monoisotopic (exact) mass is 143 g/mol.